The predicted molar refractivity (Wildman–Crippen MR) is 89.0 cm³/mol. The molecule has 20 heavy (non-hydrogen) atoms. The Morgan fingerprint density at radius 3 is 2.35 bits per heavy atom. The third-order valence-electron chi connectivity index (χ3n) is 3.78. The normalized spacial score (nSPS) is 12.4. The van der Waals surface area contributed by atoms with Gasteiger partial charge in [-0.25, -0.2) is 0 Å². The molecule has 0 radical (unpaired) electrons. The van der Waals surface area contributed by atoms with E-state index in [2.05, 4.69) is 38.1 Å². The SMILES string of the molecule is Cc1ccc(CC(CCl)Cc2ccccc2Cl)cc1C. The van der Waals surface area contributed by atoms with Crippen LogP contribution in [0.2, 0.25) is 5.02 Å². The Morgan fingerprint density at radius 1 is 0.950 bits per heavy atom. The Labute approximate surface area is 131 Å². The quantitative estimate of drug-likeness (QED) is 0.631. The van der Waals surface area contributed by atoms with E-state index in [0.717, 1.165) is 17.9 Å². The fourth-order valence-corrected chi connectivity index (χ4v) is 2.85. The zero-order chi connectivity index (χ0) is 14.5. The van der Waals surface area contributed by atoms with Gasteiger partial charge in [0.1, 0.15) is 0 Å². The van der Waals surface area contributed by atoms with Gasteiger partial charge in [-0.15, -0.1) is 11.6 Å². The summed E-state index contributed by atoms with van der Waals surface area (Å²) < 4.78 is 0. The van der Waals surface area contributed by atoms with Crippen LogP contribution >= 0.6 is 23.2 Å². The van der Waals surface area contributed by atoms with E-state index in [-0.39, 0.29) is 0 Å². The highest BCUT2D eigenvalue weighted by Crippen LogP contribution is 2.22. The van der Waals surface area contributed by atoms with Crippen molar-refractivity contribution < 1.29 is 0 Å². The topological polar surface area (TPSA) is 0 Å². The molecule has 2 rings (SSSR count). The minimum Gasteiger partial charge on any atom is -0.126 e. The number of benzene rings is 2. The summed E-state index contributed by atoms with van der Waals surface area (Å²) in [5, 5.41) is 0.836. The second kappa shape index (κ2) is 7.15. The molecule has 0 aliphatic heterocycles. The van der Waals surface area contributed by atoms with Crippen molar-refractivity contribution in [2.75, 3.05) is 5.88 Å². The van der Waals surface area contributed by atoms with Crippen LogP contribution in [-0.4, -0.2) is 5.88 Å². The Morgan fingerprint density at radius 2 is 1.70 bits per heavy atom. The highest BCUT2D eigenvalue weighted by atomic mass is 35.5. The van der Waals surface area contributed by atoms with Crippen LogP contribution in [0.25, 0.3) is 0 Å². The Kier molecular flexibility index (Phi) is 5.51. The van der Waals surface area contributed by atoms with Crippen LogP contribution in [0, 0.1) is 19.8 Å². The molecule has 2 aromatic carbocycles. The molecule has 0 saturated heterocycles. The van der Waals surface area contributed by atoms with Crippen LogP contribution in [0.1, 0.15) is 22.3 Å². The van der Waals surface area contributed by atoms with E-state index >= 15 is 0 Å². The van der Waals surface area contributed by atoms with Gasteiger partial charge < -0.3 is 0 Å². The third kappa shape index (κ3) is 4.01. The number of aryl methyl sites for hydroxylation is 2. The first kappa shape index (κ1) is 15.4. The van der Waals surface area contributed by atoms with Crippen molar-refractivity contribution >= 4 is 23.2 Å². The lowest BCUT2D eigenvalue weighted by molar-refractivity contribution is 0.584. The molecule has 0 aliphatic rings. The van der Waals surface area contributed by atoms with Gasteiger partial charge in [0, 0.05) is 10.9 Å². The first-order valence-electron chi connectivity index (χ1n) is 6.95. The fourth-order valence-electron chi connectivity index (χ4n) is 2.42. The standard InChI is InChI=1S/C18H20Cl2/c1-13-7-8-15(9-14(13)2)10-16(12-19)11-17-5-3-4-6-18(17)20/h3-9,16H,10-12H2,1-2H3. The molecule has 0 heterocycles. The van der Waals surface area contributed by atoms with E-state index in [0.29, 0.717) is 11.8 Å². The minimum absolute atomic E-state index is 0.415. The van der Waals surface area contributed by atoms with Gasteiger partial charge in [0.15, 0.2) is 0 Å². The van der Waals surface area contributed by atoms with E-state index in [4.69, 9.17) is 23.2 Å². The summed E-state index contributed by atoms with van der Waals surface area (Å²) >= 11 is 12.4. The maximum absolute atomic E-state index is 6.23. The lowest BCUT2D eigenvalue weighted by Gasteiger charge is -2.16. The molecular weight excluding hydrogens is 287 g/mol. The number of halogens is 2. The van der Waals surface area contributed by atoms with Crippen LogP contribution in [0.3, 0.4) is 0 Å². The van der Waals surface area contributed by atoms with Crippen LogP contribution in [0.5, 0.6) is 0 Å². The van der Waals surface area contributed by atoms with Gasteiger partial charge in [0.05, 0.1) is 0 Å². The average Bonchev–Trinajstić information content (AvgIpc) is 2.44. The van der Waals surface area contributed by atoms with Crippen molar-refractivity contribution in [1.82, 2.24) is 0 Å². The van der Waals surface area contributed by atoms with Crippen molar-refractivity contribution in [3.05, 3.63) is 69.7 Å². The molecule has 2 aromatic rings. The van der Waals surface area contributed by atoms with Crippen LogP contribution in [-0.2, 0) is 12.8 Å². The summed E-state index contributed by atoms with van der Waals surface area (Å²) in [5.41, 5.74) is 5.21. The Bertz CT molecular complexity index is 575. The molecule has 1 unspecified atom stereocenters. The van der Waals surface area contributed by atoms with E-state index in [1.165, 1.54) is 22.3 Å². The van der Waals surface area contributed by atoms with Gasteiger partial charge in [0.2, 0.25) is 0 Å². The molecule has 0 fully saturated rings. The molecule has 0 aromatic heterocycles. The lowest BCUT2D eigenvalue weighted by atomic mass is 9.92. The van der Waals surface area contributed by atoms with E-state index in [9.17, 15) is 0 Å². The van der Waals surface area contributed by atoms with Gasteiger partial charge in [-0.3, -0.25) is 0 Å². The lowest BCUT2D eigenvalue weighted by Crippen LogP contribution is -2.10. The molecule has 0 amide bonds. The molecule has 0 aliphatic carbocycles. The molecule has 2 heteroatoms. The Balaban J connectivity index is 2.09. The maximum Gasteiger partial charge on any atom is 0.0438 e. The largest absolute Gasteiger partial charge is 0.126 e. The monoisotopic (exact) mass is 306 g/mol. The summed E-state index contributed by atoms with van der Waals surface area (Å²) in [6, 6.07) is 14.7. The van der Waals surface area contributed by atoms with E-state index in [1.807, 2.05) is 18.2 Å². The smallest absolute Gasteiger partial charge is 0.0438 e. The zero-order valence-corrected chi connectivity index (χ0v) is 13.5. The highest BCUT2D eigenvalue weighted by molar-refractivity contribution is 6.31. The molecule has 0 spiro atoms. The van der Waals surface area contributed by atoms with Gasteiger partial charge in [-0.1, -0.05) is 48.0 Å². The molecule has 0 nitrogen and oxygen atoms in total. The first-order valence-corrected chi connectivity index (χ1v) is 7.87. The number of alkyl halides is 1. The summed E-state index contributed by atoms with van der Waals surface area (Å²) in [4.78, 5) is 0. The molecule has 0 bridgehead atoms. The first-order chi connectivity index (χ1) is 9.60. The molecule has 1 atom stereocenters. The average molecular weight is 307 g/mol. The zero-order valence-electron chi connectivity index (χ0n) is 12.0. The number of hydrogen-bond acceptors (Lipinski definition) is 0. The highest BCUT2D eigenvalue weighted by Gasteiger charge is 2.12. The van der Waals surface area contributed by atoms with Crippen molar-refractivity contribution in [1.29, 1.82) is 0 Å². The second-order valence-electron chi connectivity index (χ2n) is 5.44. The van der Waals surface area contributed by atoms with Crippen LogP contribution in [0.4, 0.5) is 0 Å². The Hall–Kier alpha value is -0.980. The molecule has 0 N–H and O–H groups in total. The third-order valence-corrected chi connectivity index (χ3v) is 4.59. The number of rotatable bonds is 5. The van der Waals surface area contributed by atoms with E-state index < -0.39 is 0 Å². The summed E-state index contributed by atoms with van der Waals surface area (Å²) in [6.07, 6.45) is 1.92. The summed E-state index contributed by atoms with van der Waals surface area (Å²) in [5.74, 6) is 1.07. The van der Waals surface area contributed by atoms with Crippen LogP contribution < -0.4 is 0 Å². The second-order valence-corrected chi connectivity index (χ2v) is 6.15. The van der Waals surface area contributed by atoms with Gasteiger partial charge >= 0.3 is 0 Å². The summed E-state index contributed by atoms with van der Waals surface area (Å²) in [7, 11) is 0. The number of hydrogen-bond donors (Lipinski definition) is 0. The van der Waals surface area contributed by atoms with Crippen LogP contribution in [0.15, 0.2) is 42.5 Å². The van der Waals surface area contributed by atoms with Crippen molar-refractivity contribution in [3.63, 3.8) is 0 Å². The van der Waals surface area contributed by atoms with Gasteiger partial charge in [0.25, 0.3) is 0 Å². The fraction of sp³-hybridized carbons (Fsp3) is 0.333. The molecule has 0 saturated carbocycles. The molecular formula is C18H20Cl2. The summed E-state index contributed by atoms with van der Waals surface area (Å²) in [6.45, 7) is 4.30. The van der Waals surface area contributed by atoms with Gasteiger partial charge in [-0.05, 0) is 60.9 Å². The van der Waals surface area contributed by atoms with Crippen molar-refractivity contribution in [2.45, 2.75) is 26.7 Å². The van der Waals surface area contributed by atoms with Gasteiger partial charge in [-0.2, -0.15) is 0 Å². The van der Waals surface area contributed by atoms with Crippen molar-refractivity contribution in [3.8, 4) is 0 Å². The predicted octanol–water partition coefficient (Wildman–Crippen LogP) is 5.60. The minimum atomic E-state index is 0.415. The van der Waals surface area contributed by atoms with Crippen molar-refractivity contribution in [2.24, 2.45) is 5.92 Å². The molecule has 106 valence electrons. The maximum atomic E-state index is 6.23. The van der Waals surface area contributed by atoms with E-state index in [1.54, 1.807) is 0 Å².